The van der Waals surface area contributed by atoms with Gasteiger partial charge in [0.25, 0.3) is 11.1 Å². The summed E-state index contributed by atoms with van der Waals surface area (Å²) >= 11 is 6.59. The van der Waals surface area contributed by atoms with Crippen molar-refractivity contribution in [2.75, 3.05) is 18.7 Å². The number of furan rings is 1. The summed E-state index contributed by atoms with van der Waals surface area (Å²) in [5.74, 6) is -0.709. The Balaban J connectivity index is 1.27. The number of thioether (sulfide) groups is 1. The van der Waals surface area contributed by atoms with Crippen LogP contribution in [0.25, 0.3) is 17.4 Å². The molecule has 0 spiro atoms. The predicted molar refractivity (Wildman–Crippen MR) is 130 cm³/mol. The van der Waals surface area contributed by atoms with Gasteiger partial charge >= 0.3 is 5.97 Å². The number of carboxylic acids is 1. The van der Waals surface area contributed by atoms with E-state index >= 15 is 0 Å². The molecule has 36 heavy (non-hydrogen) atoms. The maximum Gasteiger partial charge on any atom is 0.337 e. The van der Waals surface area contributed by atoms with E-state index in [1.807, 2.05) is 0 Å². The SMILES string of the molecule is O=C(CN1C(=O)S/C(=C/c2ccc(-c3ccc(Cl)c(C(=O)O)c3)o2)C1=O)Nc1ccc2c(c1)OCO2. The number of hydrogen-bond donors (Lipinski definition) is 2. The zero-order chi connectivity index (χ0) is 25.4. The maximum absolute atomic E-state index is 12.8. The molecule has 0 saturated carbocycles. The van der Waals surface area contributed by atoms with E-state index in [2.05, 4.69) is 5.32 Å². The second-order valence-corrected chi connectivity index (χ2v) is 8.99. The van der Waals surface area contributed by atoms with Crippen molar-refractivity contribution in [3.8, 4) is 22.8 Å². The average Bonchev–Trinajstić information content (AvgIpc) is 3.56. The van der Waals surface area contributed by atoms with Gasteiger partial charge in [-0.15, -0.1) is 0 Å². The first-order valence-corrected chi connectivity index (χ1v) is 11.6. The summed E-state index contributed by atoms with van der Waals surface area (Å²) in [6.45, 7) is -0.376. The number of carbonyl (C=O) groups is 4. The maximum atomic E-state index is 12.8. The third-order valence-electron chi connectivity index (χ3n) is 5.21. The summed E-state index contributed by atoms with van der Waals surface area (Å²) < 4.78 is 16.2. The smallest absolute Gasteiger partial charge is 0.337 e. The van der Waals surface area contributed by atoms with Crippen molar-refractivity contribution >= 4 is 58.1 Å². The standard InChI is InChI=1S/C24H15ClN2O8S/c25-16-4-1-12(7-15(16)23(30)31)17-6-3-14(35-17)9-20-22(29)27(24(32)36-20)10-21(28)26-13-2-5-18-19(8-13)34-11-33-18/h1-9H,10-11H2,(H,26,28)(H,30,31)/b20-9+. The van der Waals surface area contributed by atoms with Crippen LogP contribution in [0.5, 0.6) is 11.5 Å². The van der Waals surface area contributed by atoms with E-state index in [0.29, 0.717) is 40.3 Å². The van der Waals surface area contributed by atoms with E-state index in [4.69, 9.17) is 25.5 Å². The molecule has 182 valence electrons. The first kappa shape index (κ1) is 23.5. The zero-order valence-electron chi connectivity index (χ0n) is 18.1. The van der Waals surface area contributed by atoms with Crippen molar-refractivity contribution in [1.82, 2.24) is 4.90 Å². The molecule has 1 fully saturated rings. The van der Waals surface area contributed by atoms with Crippen LogP contribution in [0, 0.1) is 0 Å². The molecular weight excluding hydrogens is 512 g/mol. The van der Waals surface area contributed by atoms with Gasteiger partial charge in [0.2, 0.25) is 12.7 Å². The number of fused-ring (bicyclic) bond motifs is 1. The monoisotopic (exact) mass is 526 g/mol. The lowest BCUT2D eigenvalue weighted by atomic mass is 10.1. The van der Waals surface area contributed by atoms with Crippen LogP contribution in [0.1, 0.15) is 16.1 Å². The Morgan fingerprint density at radius 1 is 1.08 bits per heavy atom. The minimum Gasteiger partial charge on any atom is -0.478 e. The lowest BCUT2D eigenvalue weighted by Gasteiger charge is -2.12. The van der Waals surface area contributed by atoms with E-state index < -0.39 is 29.6 Å². The fraction of sp³-hybridized carbons (Fsp3) is 0.0833. The number of carbonyl (C=O) groups excluding carboxylic acids is 3. The number of hydrogen-bond acceptors (Lipinski definition) is 8. The second-order valence-electron chi connectivity index (χ2n) is 7.59. The van der Waals surface area contributed by atoms with Gasteiger partial charge in [-0.2, -0.15) is 0 Å². The van der Waals surface area contributed by atoms with E-state index in [9.17, 15) is 24.3 Å². The Labute approximate surface area is 212 Å². The van der Waals surface area contributed by atoms with Gasteiger partial charge in [-0.1, -0.05) is 11.6 Å². The topological polar surface area (TPSA) is 135 Å². The molecule has 0 aliphatic carbocycles. The minimum atomic E-state index is -1.18. The van der Waals surface area contributed by atoms with E-state index in [0.717, 1.165) is 4.90 Å². The summed E-state index contributed by atoms with van der Waals surface area (Å²) in [6.07, 6.45) is 1.39. The number of benzene rings is 2. The normalized spacial score (nSPS) is 15.6. The fourth-order valence-corrected chi connectivity index (χ4v) is 4.53. The number of anilines is 1. The third kappa shape index (κ3) is 4.66. The van der Waals surface area contributed by atoms with Crippen LogP contribution in [-0.4, -0.2) is 46.4 Å². The summed E-state index contributed by atoms with van der Waals surface area (Å²) in [4.78, 5) is 49.9. The van der Waals surface area contributed by atoms with Crippen molar-refractivity contribution in [3.63, 3.8) is 0 Å². The number of rotatable bonds is 6. The highest BCUT2D eigenvalue weighted by Crippen LogP contribution is 2.35. The molecule has 1 aromatic heterocycles. The molecule has 2 N–H and O–H groups in total. The van der Waals surface area contributed by atoms with Gasteiger partial charge in [0, 0.05) is 23.4 Å². The summed E-state index contributed by atoms with van der Waals surface area (Å²) in [5.41, 5.74) is 0.833. The Bertz CT molecular complexity index is 1460. The van der Waals surface area contributed by atoms with Crippen molar-refractivity contribution in [2.24, 2.45) is 0 Å². The van der Waals surface area contributed by atoms with Crippen molar-refractivity contribution in [3.05, 3.63) is 69.8 Å². The Hall–Kier alpha value is -4.22. The molecule has 2 aliphatic heterocycles. The molecule has 0 radical (unpaired) electrons. The van der Waals surface area contributed by atoms with Crippen molar-refractivity contribution < 1.29 is 38.2 Å². The molecule has 0 atom stereocenters. The number of amides is 3. The first-order chi connectivity index (χ1) is 17.3. The van der Waals surface area contributed by atoms with Gasteiger partial charge < -0.3 is 24.3 Å². The van der Waals surface area contributed by atoms with E-state index in [1.165, 1.54) is 18.2 Å². The number of nitrogens with one attached hydrogen (secondary N) is 1. The number of nitrogens with zero attached hydrogens (tertiary/aromatic N) is 1. The van der Waals surface area contributed by atoms with Gasteiger partial charge in [-0.3, -0.25) is 19.3 Å². The molecule has 3 aromatic rings. The fourth-order valence-electron chi connectivity index (χ4n) is 3.51. The lowest BCUT2D eigenvalue weighted by molar-refractivity contribution is -0.127. The van der Waals surface area contributed by atoms with Crippen LogP contribution in [-0.2, 0) is 9.59 Å². The van der Waals surface area contributed by atoms with Crippen molar-refractivity contribution in [1.29, 1.82) is 0 Å². The Morgan fingerprint density at radius 2 is 1.89 bits per heavy atom. The van der Waals surface area contributed by atoms with Crippen LogP contribution in [0.4, 0.5) is 10.5 Å². The molecule has 12 heteroatoms. The van der Waals surface area contributed by atoms with E-state index in [-0.39, 0.29) is 28.0 Å². The third-order valence-corrected chi connectivity index (χ3v) is 6.45. The van der Waals surface area contributed by atoms with Crippen LogP contribution < -0.4 is 14.8 Å². The van der Waals surface area contributed by atoms with Crippen LogP contribution in [0.3, 0.4) is 0 Å². The summed E-state index contributed by atoms with van der Waals surface area (Å²) in [6, 6.07) is 12.4. The van der Waals surface area contributed by atoms with Crippen LogP contribution in [0.2, 0.25) is 5.02 Å². The second kappa shape index (κ2) is 9.44. The number of ether oxygens (including phenoxy) is 2. The highest BCUT2D eigenvalue weighted by atomic mass is 35.5. The van der Waals surface area contributed by atoms with Gasteiger partial charge in [-0.05, 0) is 54.2 Å². The van der Waals surface area contributed by atoms with Gasteiger partial charge in [0.15, 0.2) is 11.5 Å². The molecule has 10 nitrogen and oxygen atoms in total. The molecule has 0 bridgehead atoms. The van der Waals surface area contributed by atoms with Crippen molar-refractivity contribution in [2.45, 2.75) is 0 Å². The quantitative estimate of drug-likeness (QED) is 0.438. The number of imide groups is 1. The van der Waals surface area contributed by atoms with Crippen LogP contribution >= 0.6 is 23.4 Å². The minimum absolute atomic E-state index is 0.0766. The number of carboxylic acid groups (broad SMARTS) is 1. The highest BCUT2D eigenvalue weighted by molar-refractivity contribution is 8.18. The van der Waals surface area contributed by atoms with Gasteiger partial charge in [0.1, 0.15) is 18.1 Å². The first-order valence-electron chi connectivity index (χ1n) is 10.4. The predicted octanol–water partition coefficient (Wildman–Crippen LogP) is 4.70. The van der Waals surface area contributed by atoms with E-state index in [1.54, 1.807) is 36.4 Å². The molecule has 2 aliphatic rings. The number of aromatic carboxylic acids is 1. The molecule has 1 saturated heterocycles. The molecule has 3 heterocycles. The molecule has 0 unspecified atom stereocenters. The zero-order valence-corrected chi connectivity index (χ0v) is 19.7. The molecule has 3 amide bonds. The molecule has 5 rings (SSSR count). The lowest BCUT2D eigenvalue weighted by Crippen LogP contribution is -2.36. The van der Waals surface area contributed by atoms with Crippen LogP contribution in [0.15, 0.2) is 57.9 Å². The summed E-state index contributed by atoms with van der Waals surface area (Å²) in [7, 11) is 0. The molecular formula is C24H15ClN2O8S. The number of halogens is 1. The average molecular weight is 527 g/mol. The van der Waals surface area contributed by atoms with Gasteiger partial charge in [-0.25, -0.2) is 4.79 Å². The summed E-state index contributed by atoms with van der Waals surface area (Å²) in [5, 5.41) is 11.4. The largest absolute Gasteiger partial charge is 0.478 e. The molecule has 2 aromatic carbocycles. The highest BCUT2D eigenvalue weighted by Gasteiger charge is 2.36. The Kier molecular flexibility index (Phi) is 6.17. The Morgan fingerprint density at radius 3 is 2.69 bits per heavy atom. The van der Waals surface area contributed by atoms with Gasteiger partial charge in [0.05, 0.1) is 15.5 Å².